The molecule has 2 N–H and O–H groups in total. The number of nitrogens with zero attached hydrogens (tertiary/aromatic N) is 3. The van der Waals surface area contributed by atoms with Gasteiger partial charge in [-0.05, 0) is 24.3 Å². The van der Waals surface area contributed by atoms with Crippen molar-refractivity contribution < 1.29 is 4.74 Å². The second kappa shape index (κ2) is 5.57. The fourth-order valence-electron chi connectivity index (χ4n) is 2.16. The predicted molar refractivity (Wildman–Crippen MR) is 85.5 cm³/mol. The van der Waals surface area contributed by atoms with Crippen LogP contribution in [0, 0.1) is 0 Å². The van der Waals surface area contributed by atoms with Gasteiger partial charge in [0.15, 0.2) is 0 Å². The lowest BCUT2D eigenvalue weighted by Crippen LogP contribution is -2.00. The quantitative estimate of drug-likeness (QED) is 0.791. The van der Waals surface area contributed by atoms with Crippen molar-refractivity contribution in [2.24, 2.45) is 0 Å². The molecule has 0 bridgehead atoms. The Kier molecular flexibility index (Phi) is 3.62. The highest BCUT2D eigenvalue weighted by Gasteiger charge is 2.13. The number of hydrogen-bond donors (Lipinski definition) is 1. The molecule has 0 aliphatic carbocycles. The van der Waals surface area contributed by atoms with Crippen molar-refractivity contribution in [3.05, 3.63) is 53.7 Å². The van der Waals surface area contributed by atoms with Crippen molar-refractivity contribution in [1.82, 2.24) is 14.5 Å². The summed E-state index contributed by atoms with van der Waals surface area (Å²) in [5, 5.41) is 0. The van der Waals surface area contributed by atoms with Crippen LogP contribution < -0.4 is 10.5 Å². The van der Waals surface area contributed by atoms with Gasteiger partial charge in [0.05, 0.1) is 31.0 Å². The van der Waals surface area contributed by atoms with Crippen LogP contribution in [0.2, 0.25) is 0 Å². The van der Waals surface area contributed by atoms with Crippen molar-refractivity contribution >= 4 is 21.6 Å². The average Bonchev–Trinajstić information content (AvgIpc) is 2.96. The third-order valence-corrected chi connectivity index (χ3v) is 3.66. The minimum Gasteiger partial charge on any atom is -0.495 e. The Bertz CT molecular complexity index is 785. The molecule has 2 aromatic heterocycles. The maximum Gasteiger partial charge on any atom is 0.142 e. The van der Waals surface area contributed by atoms with Gasteiger partial charge in [0.25, 0.3) is 0 Å². The number of rotatable bonds is 3. The molecule has 0 amide bonds. The summed E-state index contributed by atoms with van der Waals surface area (Å²) in [6.45, 7) is 0. The zero-order valence-corrected chi connectivity index (χ0v) is 12.9. The predicted octanol–water partition coefficient (Wildman–Crippen LogP) is 3.29. The first-order valence-corrected chi connectivity index (χ1v) is 7.06. The average molecular weight is 345 g/mol. The van der Waals surface area contributed by atoms with Crippen molar-refractivity contribution in [2.75, 3.05) is 12.8 Å². The minimum atomic E-state index is 0.653. The Balaban J connectivity index is 2.21. The molecule has 0 aliphatic rings. The lowest BCUT2D eigenvalue weighted by atomic mass is 10.1. The van der Waals surface area contributed by atoms with Gasteiger partial charge in [-0.2, -0.15) is 0 Å². The second-order valence-corrected chi connectivity index (χ2v) is 5.34. The highest BCUT2D eigenvalue weighted by Crippen LogP contribution is 2.32. The van der Waals surface area contributed by atoms with Crippen molar-refractivity contribution in [2.45, 2.75) is 0 Å². The summed E-state index contributed by atoms with van der Waals surface area (Å²) in [5.74, 6) is 0.750. The normalized spacial score (nSPS) is 10.6. The number of pyridine rings is 1. The Labute approximate surface area is 130 Å². The van der Waals surface area contributed by atoms with E-state index in [1.165, 1.54) is 0 Å². The summed E-state index contributed by atoms with van der Waals surface area (Å²) in [4.78, 5) is 8.36. The molecule has 5 nitrogen and oxygen atoms in total. The standard InChI is InChI=1S/C15H13BrN4O/c1-21-15-3-2-10(16)6-13(15)20-9-19-8-14(20)11-7-18-5-4-12(11)17/h2-9H,1H3,(H2,17,18). The van der Waals surface area contributed by atoms with Gasteiger partial charge in [-0.15, -0.1) is 0 Å². The van der Waals surface area contributed by atoms with Crippen LogP contribution in [0.5, 0.6) is 5.75 Å². The third kappa shape index (κ3) is 2.50. The van der Waals surface area contributed by atoms with Crippen LogP contribution in [0.25, 0.3) is 16.9 Å². The first kappa shape index (κ1) is 13.6. The van der Waals surface area contributed by atoms with Gasteiger partial charge in [-0.3, -0.25) is 9.55 Å². The van der Waals surface area contributed by atoms with Gasteiger partial charge in [0.1, 0.15) is 5.75 Å². The molecule has 0 atom stereocenters. The molecule has 3 rings (SSSR count). The molecule has 2 heterocycles. The van der Waals surface area contributed by atoms with Crippen molar-refractivity contribution in [3.63, 3.8) is 0 Å². The second-order valence-electron chi connectivity index (χ2n) is 4.43. The molecule has 0 aliphatic heterocycles. The molecule has 21 heavy (non-hydrogen) atoms. The molecular weight excluding hydrogens is 332 g/mol. The number of hydrogen-bond acceptors (Lipinski definition) is 4. The maximum atomic E-state index is 6.04. The number of imidazole rings is 1. The van der Waals surface area contributed by atoms with Crippen molar-refractivity contribution in [1.29, 1.82) is 0 Å². The Hall–Kier alpha value is -2.34. The molecule has 0 saturated heterocycles. The smallest absolute Gasteiger partial charge is 0.142 e. The van der Waals surface area contributed by atoms with E-state index in [-0.39, 0.29) is 0 Å². The third-order valence-electron chi connectivity index (χ3n) is 3.17. The zero-order chi connectivity index (χ0) is 14.8. The number of aromatic nitrogens is 3. The number of anilines is 1. The Morgan fingerprint density at radius 2 is 2.05 bits per heavy atom. The summed E-state index contributed by atoms with van der Waals surface area (Å²) in [5.41, 5.74) is 9.26. The topological polar surface area (TPSA) is 66.0 Å². The fourth-order valence-corrected chi connectivity index (χ4v) is 2.51. The first-order chi connectivity index (χ1) is 10.2. The van der Waals surface area contributed by atoms with Gasteiger partial charge in [0, 0.05) is 28.1 Å². The largest absolute Gasteiger partial charge is 0.495 e. The van der Waals surface area contributed by atoms with Crippen LogP contribution in [0.15, 0.2) is 53.7 Å². The van der Waals surface area contributed by atoms with Crippen LogP contribution in [-0.4, -0.2) is 21.6 Å². The lowest BCUT2D eigenvalue weighted by molar-refractivity contribution is 0.413. The molecule has 0 saturated carbocycles. The number of nitrogen functional groups attached to an aromatic ring is 1. The van der Waals surface area contributed by atoms with E-state index in [0.717, 1.165) is 27.2 Å². The highest BCUT2D eigenvalue weighted by molar-refractivity contribution is 9.10. The van der Waals surface area contributed by atoms with E-state index in [1.54, 1.807) is 38.1 Å². The van der Waals surface area contributed by atoms with Crippen LogP contribution in [0.3, 0.4) is 0 Å². The van der Waals surface area contributed by atoms with E-state index in [0.29, 0.717) is 5.69 Å². The summed E-state index contributed by atoms with van der Waals surface area (Å²) < 4.78 is 8.31. The molecule has 3 aromatic rings. The minimum absolute atomic E-state index is 0.653. The summed E-state index contributed by atoms with van der Waals surface area (Å²) in [6, 6.07) is 7.56. The molecule has 0 spiro atoms. The lowest BCUT2D eigenvalue weighted by Gasteiger charge is -2.13. The zero-order valence-electron chi connectivity index (χ0n) is 11.3. The number of nitrogens with two attached hydrogens (primary N) is 1. The van der Waals surface area contributed by atoms with Crippen LogP contribution >= 0.6 is 15.9 Å². The molecule has 1 aromatic carbocycles. The van der Waals surface area contributed by atoms with Crippen LogP contribution in [0.4, 0.5) is 5.69 Å². The van der Waals surface area contributed by atoms with Crippen LogP contribution in [0.1, 0.15) is 0 Å². The summed E-state index contributed by atoms with van der Waals surface area (Å²) >= 11 is 3.48. The molecule has 0 fully saturated rings. The van der Waals surface area contributed by atoms with E-state index in [1.807, 2.05) is 22.8 Å². The Morgan fingerprint density at radius 3 is 2.81 bits per heavy atom. The SMILES string of the molecule is COc1ccc(Br)cc1-n1cncc1-c1cnccc1N. The van der Waals surface area contributed by atoms with Crippen LogP contribution in [-0.2, 0) is 0 Å². The molecular formula is C15H13BrN4O. The van der Waals surface area contributed by atoms with E-state index >= 15 is 0 Å². The van der Waals surface area contributed by atoms with Gasteiger partial charge >= 0.3 is 0 Å². The molecule has 0 unspecified atom stereocenters. The number of ether oxygens (including phenoxy) is 1. The monoisotopic (exact) mass is 344 g/mol. The number of benzene rings is 1. The van der Waals surface area contributed by atoms with Gasteiger partial charge in [-0.1, -0.05) is 15.9 Å². The molecule has 106 valence electrons. The molecule has 6 heteroatoms. The summed E-state index contributed by atoms with van der Waals surface area (Å²) in [7, 11) is 1.64. The van der Waals surface area contributed by atoms with Gasteiger partial charge in [-0.25, -0.2) is 4.98 Å². The van der Waals surface area contributed by atoms with Gasteiger partial charge < -0.3 is 10.5 Å². The van der Waals surface area contributed by atoms with E-state index < -0.39 is 0 Å². The number of halogens is 1. The van der Waals surface area contributed by atoms with E-state index in [9.17, 15) is 0 Å². The first-order valence-electron chi connectivity index (χ1n) is 6.27. The van der Waals surface area contributed by atoms with Gasteiger partial charge in [0.2, 0.25) is 0 Å². The summed E-state index contributed by atoms with van der Waals surface area (Å²) in [6.07, 6.45) is 6.88. The number of methoxy groups -OCH3 is 1. The van der Waals surface area contributed by atoms with Crippen molar-refractivity contribution in [3.8, 4) is 22.7 Å². The highest BCUT2D eigenvalue weighted by atomic mass is 79.9. The fraction of sp³-hybridized carbons (Fsp3) is 0.0667. The Morgan fingerprint density at radius 1 is 1.19 bits per heavy atom. The maximum absolute atomic E-state index is 6.04. The van der Waals surface area contributed by atoms with E-state index in [2.05, 4.69) is 25.9 Å². The van der Waals surface area contributed by atoms with E-state index in [4.69, 9.17) is 10.5 Å². The molecule has 0 radical (unpaired) electrons.